The number of nitriles is 1. The van der Waals surface area contributed by atoms with Crippen molar-refractivity contribution < 1.29 is 56.2 Å². The predicted octanol–water partition coefficient (Wildman–Crippen LogP) is 1.73. The Labute approximate surface area is 185 Å². The van der Waals surface area contributed by atoms with E-state index in [-0.39, 0.29) is 17.6 Å². The molecule has 12 nitrogen and oxygen atoms in total. The Kier molecular flexibility index (Phi) is 5.68. The van der Waals surface area contributed by atoms with Crippen molar-refractivity contribution in [2.24, 2.45) is 0 Å². The summed E-state index contributed by atoms with van der Waals surface area (Å²) in [6, 6.07) is 1.73. The molecule has 0 aliphatic heterocycles. The number of aliphatic hydroxyl groups excluding tert-OH is 1. The Morgan fingerprint density at radius 3 is 1.27 bits per heavy atom. The first-order valence-electron chi connectivity index (χ1n) is 9.31. The van der Waals surface area contributed by atoms with Crippen LogP contribution >= 0.6 is 0 Å². The van der Waals surface area contributed by atoms with Crippen LogP contribution in [0.2, 0.25) is 0 Å². The van der Waals surface area contributed by atoms with Gasteiger partial charge >= 0.3 is 0 Å². The topological polar surface area (TPSA) is 246 Å². The molecule has 2 aromatic carbocycles. The first-order chi connectivity index (χ1) is 15.4. The quantitative estimate of drug-likeness (QED) is 0.230. The van der Waals surface area contributed by atoms with Crippen LogP contribution in [0.4, 0.5) is 0 Å². The minimum atomic E-state index is -2.01. The van der Waals surface area contributed by atoms with E-state index in [9.17, 15) is 61.4 Å². The summed E-state index contributed by atoms with van der Waals surface area (Å²) in [4.78, 5) is 0. The lowest BCUT2D eigenvalue weighted by molar-refractivity contribution is 0.202. The van der Waals surface area contributed by atoms with Gasteiger partial charge in [0.15, 0.2) is 23.0 Å². The highest BCUT2D eigenvalue weighted by atomic mass is 16.4. The Morgan fingerprint density at radius 2 is 0.879 bits per heavy atom. The van der Waals surface area contributed by atoms with E-state index in [0.29, 0.717) is 6.42 Å². The lowest BCUT2D eigenvalue weighted by Gasteiger charge is -2.27. The lowest BCUT2D eigenvalue weighted by Crippen LogP contribution is -2.13. The van der Waals surface area contributed by atoms with Gasteiger partial charge in [0.2, 0.25) is 34.5 Å². The molecule has 0 heterocycles. The second-order valence-electron chi connectivity index (χ2n) is 7.17. The summed E-state index contributed by atoms with van der Waals surface area (Å²) in [5.41, 5.74) is -1.80. The molecule has 3 rings (SSSR count). The van der Waals surface area contributed by atoms with Crippen LogP contribution in [0.5, 0.6) is 57.5 Å². The fourth-order valence-electron chi connectivity index (χ4n) is 3.65. The summed E-state index contributed by atoms with van der Waals surface area (Å²) < 4.78 is 0. The molecule has 11 N–H and O–H groups in total. The monoisotopic (exact) mass is 461 g/mol. The maximum atomic E-state index is 10.9. The number of rotatable bonds is 4. The van der Waals surface area contributed by atoms with E-state index in [1.54, 1.807) is 6.07 Å². The molecule has 0 aromatic heterocycles. The molecule has 0 unspecified atom stereocenters. The summed E-state index contributed by atoms with van der Waals surface area (Å²) >= 11 is 0. The Morgan fingerprint density at radius 1 is 0.545 bits per heavy atom. The predicted molar refractivity (Wildman–Crippen MR) is 108 cm³/mol. The standard InChI is InChI=1S/C21H19NO11/c22-5-8(9-12(24)16(28)20(32)17(29)13(9)25)6-3-1-2-4-7(6)11(23)10-14(26)18(30)21(33)19(31)15(10)27/h3-4,8,11,23-33H,1-2H2/t8-,11+/m1/s1. The van der Waals surface area contributed by atoms with Crippen LogP contribution in [0, 0.1) is 11.3 Å². The van der Waals surface area contributed by atoms with Crippen LogP contribution in [-0.4, -0.2) is 56.2 Å². The number of phenols is 10. The van der Waals surface area contributed by atoms with Crippen LogP contribution in [0.1, 0.15) is 36.0 Å². The highest BCUT2D eigenvalue weighted by Crippen LogP contribution is 2.57. The summed E-state index contributed by atoms with van der Waals surface area (Å²) in [5.74, 6) is -13.6. The van der Waals surface area contributed by atoms with Gasteiger partial charge in [0.25, 0.3) is 0 Å². The van der Waals surface area contributed by atoms with E-state index in [2.05, 4.69) is 0 Å². The van der Waals surface area contributed by atoms with Crippen molar-refractivity contribution in [2.45, 2.75) is 24.9 Å². The summed E-state index contributed by atoms with van der Waals surface area (Å²) in [6.45, 7) is 0. The smallest absolute Gasteiger partial charge is 0.208 e. The first kappa shape index (κ1) is 23.0. The molecule has 2 atom stereocenters. The van der Waals surface area contributed by atoms with E-state index in [1.807, 2.05) is 0 Å². The zero-order valence-electron chi connectivity index (χ0n) is 16.6. The molecule has 12 heteroatoms. The second-order valence-corrected chi connectivity index (χ2v) is 7.17. The zero-order valence-corrected chi connectivity index (χ0v) is 16.6. The molecule has 0 saturated heterocycles. The van der Waals surface area contributed by atoms with E-state index >= 15 is 0 Å². The van der Waals surface area contributed by atoms with E-state index in [4.69, 9.17) is 0 Å². The molecule has 1 aliphatic carbocycles. The average molecular weight is 461 g/mol. The van der Waals surface area contributed by atoms with Crippen molar-refractivity contribution >= 4 is 0 Å². The highest BCUT2D eigenvalue weighted by Gasteiger charge is 2.36. The maximum absolute atomic E-state index is 10.9. The molecule has 174 valence electrons. The Hall–Kier alpha value is -4.63. The first-order valence-corrected chi connectivity index (χ1v) is 9.31. The molecular weight excluding hydrogens is 442 g/mol. The Balaban J connectivity index is 2.20. The van der Waals surface area contributed by atoms with Gasteiger partial charge in [-0.3, -0.25) is 0 Å². The van der Waals surface area contributed by atoms with Crippen LogP contribution in [0.25, 0.3) is 0 Å². The van der Waals surface area contributed by atoms with Crippen LogP contribution in [0.15, 0.2) is 23.3 Å². The molecule has 0 radical (unpaired) electrons. The molecule has 0 saturated carbocycles. The van der Waals surface area contributed by atoms with Gasteiger partial charge in [0, 0.05) is 0 Å². The number of allylic oxidation sites excluding steroid dienone is 2. The third kappa shape index (κ3) is 3.36. The van der Waals surface area contributed by atoms with Crippen LogP contribution in [0.3, 0.4) is 0 Å². The van der Waals surface area contributed by atoms with Crippen LogP contribution < -0.4 is 0 Å². The summed E-state index contributed by atoms with van der Waals surface area (Å²) in [5, 5.41) is 120. The van der Waals surface area contributed by atoms with Crippen molar-refractivity contribution in [2.75, 3.05) is 0 Å². The van der Waals surface area contributed by atoms with Crippen molar-refractivity contribution in [3.8, 4) is 63.6 Å². The summed E-state index contributed by atoms with van der Waals surface area (Å²) in [6.07, 6.45) is 1.35. The van der Waals surface area contributed by atoms with Gasteiger partial charge in [-0.1, -0.05) is 12.2 Å². The molecule has 0 amide bonds. The number of hydrogen-bond acceptors (Lipinski definition) is 12. The van der Waals surface area contributed by atoms with Gasteiger partial charge in [0.05, 0.1) is 17.2 Å². The minimum Gasteiger partial charge on any atom is -0.504 e. The molecular formula is C21H19NO11. The number of hydrogen-bond donors (Lipinski definition) is 11. The number of aromatic hydroxyl groups is 10. The largest absolute Gasteiger partial charge is 0.504 e. The normalized spacial score (nSPS) is 15.3. The van der Waals surface area contributed by atoms with Crippen molar-refractivity contribution in [3.05, 3.63) is 34.4 Å². The molecule has 0 spiro atoms. The SMILES string of the molecule is N#C[C@H](C1=CCCC=C1[C@H](O)c1c(O)c(O)c(O)c(O)c1O)c1c(O)c(O)c(O)c(O)c1O. The van der Waals surface area contributed by atoms with Crippen LogP contribution in [-0.2, 0) is 0 Å². The molecule has 0 fully saturated rings. The Bertz CT molecular complexity index is 1200. The molecule has 1 aliphatic rings. The molecule has 0 bridgehead atoms. The molecule has 2 aromatic rings. The van der Waals surface area contributed by atoms with E-state index in [0.717, 1.165) is 0 Å². The number of benzene rings is 2. The average Bonchev–Trinajstić information content (AvgIpc) is 2.81. The number of nitrogens with zero attached hydrogens (tertiary/aromatic N) is 1. The van der Waals surface area contributed by atoms with Crippen molar-refractivity contribution in [1.82, 2.24) is 0 Å². The van der Waals surface area contributed by atoms with Gasteiger partial charge in [-0.25, -0.2) is 0 Å². The van der Waals surface area contributed by atoms with Crippen molar-refractivity contribution in [1.29, 1.82) is 5.26 Å². The number of phenolic OH excluding ortho intramolecular Hbond substituents is 10. The van der Waals surface area contributed by atoms with Gasteiger partial charge < -0.3 is 56.2 Å². The lowest BCUT2D eigenvalue weighted by atomic mass is 9.79. The van der Waals surface area contributed by atoms with Gasteiger partial charge in [0.1, 0.15) is 12.0 Å². The highest BCUT2D eigenvalue weighted by molar-refractivity contribution is 5.72. The zero-order chi connectivity index (χ0) is 24.8. The fourth-order valence-corrected chi connectivity index (χ4v) is 3.65. The van der Waals surface area contributed by atoms with Gasteiger partial charge in [-0.15, -0.1) is 0 Å². The third-order valence-electron chi connectivity index (χ3n) is 5.34. The number of aliphatic hydroxyl groups is 1. The third-order valence-corrected chi connectivity index (χ3v) is 5.34. The maximum Gasteiger partial charge on any atom is 0.208 e. The van der Waals surface area contributed by atoms with E-state index < -0.39 is 80.6 Å². The second kappa shape index (κ2) is 8.13. The van der Waals surface area contributed by atoms with E-state index in [1.165, 1.54) is 12.2 Å². The fraction of sp³-hybridized carbons (Fsp3) is 0.190. The van der Waals surface area contributed by atoms with Gasteiger partial charge in [-0.2, -0.15) is 5.26 Å². The van der Waals surface area contributed by atoms with Gasteiger partial charge in [-0.05, 0) is 24.0 Å². The van der Waals surface area contributed by atoms with Crippen molar-refractivity contribution in [3.63, 3.8) is 0 Å². The minimum absolute atomic E-state index is 0.0998. The molecule has 33 heavy (non-hydrogen) atoms. The summed E-state index contributed by atoms with van der Waals surface area (Å²) in [7, 11) is 0.